The van der Waals surface area contributed by atoms with Gasteiger partial charge in [-0.2, -0.15) is 0 Å². The van der Waals surface area contributed by atoms with Crippen LogP contribution in [-0.2, 0) is 5.41 Å². The van der Waals surface area contributed by atoms with E-state index in [0.29, 0.717) is 22.4 Å². The molecule has 0 saturated carbocycles. The third-order valence-corrected chi connectivity index (χ3v) is 5.17. The number of thioether (sulfide) groups is 1. The highest BCUT2D eigenvalue weighted by molar-refractivity contribution is 7.99. The van der Waals surface area contributed by atoms with Gasteiger partial charge in [0.1, 0.15) is 5.75 Å². The van der Waals surface area contributed by atoms with Crippen molar-refractivity contribution in [1.82, 2.24) is 0 Å². The molecule has 1 N–H and O–H groups in total. The largest absolute Gasteiger partial charge is 0.508 e. The normalized spacial score (nSPS) is 11.5. The molecule has 2 aromatic carbocycles. The highest BCUT2D eigenvalue weighted by atomic mass is 35.5. The molecule has 24 heavy (non-hydrogen) atoms. The van der Waals surface area contributed by atoms with Crippen LogP contribution in [0.4, 0.5) is 0 Å². The van der Waals surface area contributed by atoms with Gasteiger partial charge in [0.15, 0.2) is 5.75 Å². The standard InChI is InChI=1S/C19H22Cl2O2S/c1-19(2,3)13-5-7-15(8-6-13)24-10-4-9-23-18-16(20)11-14(22)12-17(18)21/h5-8,11-12,22H,4,9-10H2,1-3H3. The summed E-state index contributed by atoms with van der Waals surface area (Å²) in [5.74, 6) is 1.41. The predicted molar refractivity (Wildman–Crippen MR) is 104 cm³/mol. The lowest BCUT2D eigenvalue weighted by Crippen LogP contribution is -2.10. The molecule has 0 spiro atoms. The Bertz CT molecular complexity index is 656. The van der Waals surface area contributed by atoms with Crippen LogP contribution >= 0.6 is 35.0 Å². The number of phenolic OH excluding ortho intramolecular Hbond substituents is 1. The van der Waals surface area contributed by atoms with Gasteiger partial charge in [-0.3, -0.25) is 0 Å². The van der Waals surface area contributed by atoms with Gasteiger partial charge in [0, 0.05) is 22.8 Å². The summed E-state index contributed by atoms with van der Waals surface area (Å²) in [4.78, 5) is 1.25. The van der Waals surface area contributed by atoms with Gasteiger partial charge in [-0.15, -0.1) is 11.8 Å². The van der Waals surface area contributed by atoms with E-state index in [1.54, 1.807) is 11.8 Å². The molecule has 2 nitrogen and oxygen atoms in total. The van der Waals surface area contributed by atoms with E-state index >= 15 is 0 Å². The number of hydrogen-bond donors (Lipinski definition) is 1. The van der Waals surface area contributed by atoms with Crippen molar-refractivity contribution in [3.63, 3.8) is 0 Å². The maximum atomic E-state index is 9.40. The monoisotopic (exact) mass is 384 g/mol. The molecule has 0 radical (unpaired) electrons. The summed E-state index contributed by atoms with van der Waals surface area (Å²) in [6.45, 7) is 7.17. The third-order valence-electron chi connectivity index (χ3n) is 3.51. The van der Waals surface area contributed by atoms with E-state index < -0.39 is 0 Å². The fourth-order valence-corrected chi connectivity index (χ4v) is 3.57. The van der Waals surface area contributed by atoms with Gasteiger partial charge in [0.05, 0.1) is 16.7 Å². The molecule has 5 heteroatoms. The Hall–Kier alpha value is -1.03. The van der Waals surface area contributed by atoms with Crippen LogP contribution in [0.15, 0.2) is 41.3 Å². The number of halogens is 2. The first-order chi connectivity index (χ1) is 11.3. The van der Waals surface area contributed by atoms with Crippen LogP contribution in [0, 0.1) is 0 Å². The number of rotatable bonds is 6. The molecule has 0 aliphatic rings. The summed E-state index contributed by atoms with van der Waals surface area (Å²) in [6.07, 6.45) is 0.874. The van der Waals surface area contributed by atoms with Crippen molar-refractivity contribution in [2.45, 2.75) is 37.5 Å². The average molecular weight is 385 g/mol. The zero-order valence-corrected chi connectivity index (χ0v) is 16.4. The molecule has 0 saturated heterocycles. The van der Waals surface area contributed by atoms with Gasteiger partial charge in [-0.05, 0) is 29.5 Å². The Kier molecular flexibility index (Phi) is 6.73. The van der Waals surface area contributed by atoms with Gasteiger partial charge >= 0.3 is 0 Å². The Labute approximate surface area is 158 Å². The quantitative estimate of drug-likeness (QED) is 0.451. The van der Waals surface area contributed by atoms with Crippen LogP contribution in [0.25, 0.3) is 0 Å². The van der Waals surface area contributed by atoms with Crippen LogP contribution in [0.5, 0.6) is 11.5 Å². The molecule has 2 aromatic rings. The molecule has 130 valence electrons. The second-order valence-corrected chi connectivity index (χ2v) is 8.55. The number of aromatic hydroxyl groups is 1. The molecule has 0 bridgehead atoms. The molecular formula is C19H22Cl2O2S. The summed E-state index contributed by atoms with van der Waals surface area (Å²) in [5.41, 5.74) is 1.52. The molecule has 0 unspecified atom stereocenters. The first-order valence-corrected chi connectivity index (χ1v) is 9.55. The minimum atomic E-state index is 0.0339. The van der Waals surface area contributed by atoms with Crippen LogP contribution < -0.4 is 4.74 Å². The van der Waals surface area contributed by atoms with Crippen LogP contribution in [0.1, 0.15) is 32.8 Å². The van der Waals surface area contributed by atoms with Crippen molar-refractivity contribution in [3.8, 4) is 11.5 Å². The molecule has 0 aliphatic carbocycles. The van der Waals surface area contributed by atoms with Crippen LogP contribution in [0.2, 0.25) is 10.0 Å². The molecular weight excluding hydrogens is 363 g/mol. The second kappa shape index (κ2) is 8.37. The van der Waals surface area contributed by atoms with Gasteiger partial charge in [0.25, 0.3) is 0 Å². The SMILES string of the molecule is CC(C)(C)c1ccc(SCCCOc2c(Cl)cc(O)cc2Cl)cc1. The highest BCUT2D eigenvalue weighted by Gasteiger charge is 2.13. The van der Waals surface area contributed by atoms with E-state index in [-0.39, 0.29) is 11.2 Å². The van der Waals surface area contributed by atoms with E-state index in [9.17, 15) is 5.11 Å². The van der Waals surface area contributed by atoms with Crippen molar-refractivity contribution >= 4 is 35.0 Å². The Morgan fingerprint density at radius 2 is 1.62 bits per heavy atom. The summed E-state index contributed by atoms with van der Waals surface area (Å²) >= 11 is 13.8. The molecule has 2 rings (SSSR count). The third kappa shape index (κ3) is 5.51. The molecule has 0 amide bonds. The number of hydrogen-bond acceptors (Lipinski definition) is 3. The van der Waals surface area contributed by atoms with E-state index in [2.05, 4.69) is 45.0 Å². The molecule has 0 heterocycles. The fraction of sp³-hybridized carbons (Fsp3) is 0.368. The summed E-state index contributed by atoms with van der Waals surface area (Å²) < 4.78 is 5.64. The molecule has 0 aliphatic heterocycles. The van der Waals surface area contributed by atoms with E-state index in [1.807, 2.05) is 0 Å². The minimum absolute atomic E-state index is 0.0339. The van der Waals surface area contributed by atoms with Crippen molar-refractivity contribution in [2.24, 2.45) is 0 Å². The van der Waals surface area contributed by atoms with Crippen molar-refractivity contribution in [1.29, 1.82) is 0 Å². The second-order valence-electron chi connectivity index (χ2n) is 6.56. The van der Waals surface area contributed by atoms with Gasteiger partial charge in [0.2, 0.25) is 0 Å². The first-order valence-electron chi connectivity index (χ1n) is 7.81. The Morgan fingerprint density at radius 1 is 1.04 bits per heavy atom. The molecule has 0 fully saturated rings. The van der Waals surface area contributed by atoms with E-state index in [1.165, 1.54) is 22.6 Å². The zero-order chi connectivity index (χ0) is 17.7. The van der Waals surface area contributed by atoms with E-state index in [4.69, 9.17) is 27.9 Å². The number of phenols is 1. The maximum absolute atomic E-state index is 9.40. The summed E-state index contributed by atoms with van der Waals surface area (Å²) in [7, 11) is 0. The number of benzene rings is 2. The lowest BCUT2D eigenvalue weighted by atomic mass is 9.87. The van der Waals surface area contributed by atoms with Crippen LogP contribution in [-0.4, -0.2) is 17.5 Å². The summed E-state index contributed by atoms with van der Waals surface area (Å²) in [5, 5.41) is 10.0. The fourth-order valence-electron chi connectivity index (χ4n) is 2.16. The Morgan fingerprint density at radius 3 is 2.17 bits per heavy atom. The predicted octanol–water partition coefficient (Wildman–Crippen LogP) is 6.56. The van der Waals surface area contributed by atoms with Crippen LogP contribution in [0.3, 0.4) is 0 Å². The van der Waals surface area contributed by atoms with Gasteiger partial charge < -0.3 is 9.84 Å². The lowest BCUT2D eigenvalue weighted by Gasteiger charge is -2.19. The smallest absolute Gasteiger partial charge is 0.156 e. The first kappa shape index (κ1) is 19.3. The maximum Gasteiger partial charge on any atom is 0.156 e. The van der Waals surface area contributed by atoms with Crippen molar-refractivity contribution < 1.29 is 9.84 Å². The van der Waals surface area contributed by atoms with Crippen molar-refractivity contribution in [2.75, 3.05) is 12.4 Å². The Balaban J connectivity index is 1.78. The number of ether oxygens (including phenoxy) is 1. The van der Waals surface area contributed by atoms with E-state index in [0.717, 1.165) is 12.2 Å². The molecule has 0 aromatic heterocycles. The summed E-state index contributed by atoms with van der Waals surface area (Å²) in [6, 6.07) is 11.6. The minimum Gasteiger partial charge on any atom is -0.508 e. The lowest BCUT2D eigenvalue weighted by molar-refractivity contribution is 0.318. The van der Waals surface area contributed by atoms with Gasteiger partial charge in [-0.1, -0.05) is 56.1 Å². The van der Waals surface area contributed by atoms with Crippen molar-refractivity contribution in [3.05, 3.63) is 52.0 Å². The highest BCUT2D eigenvalue weighted by Crippen LogP contribution is 2.36. The molecule has 0 atom stereocenters. The topological polar surface area (TPSA) is 29.5 Å². The van der Waals surface area contributed by atoms with Gasteiger partial charge in [-0.25, -0.2) is 0 Å². The zero-order valence-electron chi connectivity index (χ0n) is 14.1. The average Bonchev–Trinajstić information content (AvgIpc) is 2.48.